The van der Waals surface area contributed by atoms with Crippen LogP contribution in [0.2, 0.25) is 0 Å². The van der Waals surface area contributed by atoms with Crippen molar-refractivity contribution < 1.29 is 14.3 Å². The predicted octanol–water partition coefficient (Wildman–Crippen LogP) is 1.85. The summed E-state index contributed by atoms with van der Waals surface area (Å²) in [6.07, 6.45) is 5.26. The highest BCUT2D eigenvalue weighted by atomic mass is 32.1. The second kappa shape index (κ2) is 9.37. The summed E-state index contributed by atoms with van der Waals surface area (Å²) in [7, 11) is 0. The van der Waals surface area contributed by atoms with E-state index in [2.05, 4.69) is 4.90 Å². The van der Waals surface area contributed by atoms with Gasteiger partial charge in [0.05, 0.1) is 25.7 Å². The lowest BCUT2D eigenvalue weighted by Gasteiger charge is -2.43. The molecule has 6 nitrogen and oxygen atoms in total. The molecule has 3 heterocycles. The Kier molecular flexibility index (Phi) is 6.65. The predicted molar refractivity (Wildman–Crippen MR) is 109 cm³/mol. The minimum absolute atomic E-state index is 0.0184. The van der Waals surface area contributed by atoms with Gasteiger partial charge in [0, 0.05) is 44.1 Å². The van der Waals surface area contributed by atoms with Crippen LogP contribution in [0.4, 0.5) is 0 Å². The third-order valence-electron chi connectivity index (χ3n) is 6.39. The fraction of sp³-hybridized carbons (Fsp3) is 0.714. The number of carbonyl (C=O) groups is 2. The van der Waals surface area contributed by atoms with Crippen LogP contribution < -0.4 is 0 Å². The zero-order chi connectivity index (χ0) is 19.3. The van der Waals surface area contributed by atoms with Crippen LogP contribution in [-0.2, 0) is 20.7 Å². The molecule has 7 heteroatoms. The van der Waals surface area contributed by atoms with Crippen molar-refractivity contribution in [3.05, 3.63) is 22.4 Å². The molecule has 1 atom stereocenters. The number of hydrogen-bond donors (Lipinski definition) is 0. The number of carbonyl (C=O) groups excluding carboxylic acids is 2. The Labute approximate surface area is 171 Å². The average Bonchev–Trinajstić information content (AvgIpc) is 3.44. The fourth-order valence-corrected chi connectivity index (χ4v) is 5.52. The number of amides is 2. The summed E-state index contributed by atoms with van der Waals surface area (Å²) in [6, 6.07) is 4.00. The van der Waals surface area contributed by atoms with Crippen molar-refractivity contribution in [2.75, 3.05) is 52.5 Å². The first kappa shape index (κ1) is 19.9. The molecule has 1 aliphatic carbocycles. The summed E-state index contributed by atoms with van der Waals surface area (Å²) in [4.78, 5) is 33.4. The van der Waals surface area contributed by atoms with Gasteiger partial charge in [-0.05, 0) is 30.2 Å². The Morgan fingerprint density at radius 1 is 1.04 bits per heavy atom. The largest absolute Gasteiger partial charge is 0.378 e. The minimum Gasteiger partial charge on any atom is -0.378 e. The van der Waals surface area contributed by atoms with Crippen molar-refractivity contribution in [2.45, 2.75) is 38.1 Å². The van der Waals surface area contributed by atoms with Gasteiger partial charge in [0.2, 0.25) is 11.8 Å². The van der Waals surface area contributed by atoms with E-state index in [0.717, 1.165) is 43.9 Å². The second-order valence-corrected chi connectivity index (χ2v) is 9.13. The first-order chi connectivity index (χ1) is 13.7. The first-order valence-corrected chi connectivity index (χ1v) is 11.5. The topological polar surface area (TPSA) is 53.1 Å². The molecule has 0 aromatic carbocycles. The Bertz CT molecular complexity index is 646. The van der Waals surface area contributed by atoms with Gasteiger partial charge in [0.1, 0.15) is 0 Å². The fourth-order valence-electron chi connectivity index (χ4n) is 4.82. The normalized spacial score (nSPS) is 23.1. The molecule has 0 N–H and O–H groups in total. The molecule has 3 aliphatic rings. The third kappa shape index (κ3) is 4.58. The van der Waals surface area contributed by atoms with E-state index in [4.69, 9.17) is 4.74 Å². The van der Waals surface area contributed by atoms with Crippen molar-refractivity contribution in [3.63, 3.8) is 0 Å². The molecule has 1 aromatic heterocycles. The lowest BCUT2D eigenvalue weighted by molar-refractivity contribution is -0.145. The zero-order valence-corrected chi connectivity index (χ0v) is 17.4. The lowest BCUT2D eigenvalue weighted by atomic mass is 9.94. The van der Waals surface area contributed by atoms with Gasteiger partial charge < -0.3 is 14.5 Å². The highest BCUT2D eigenvalue weighted by Gasteiger charge is 2.39. The van der Waals surface area contributed by atoms with Crippen LogP contribution in [0.25, 0.3) is 0 Å². The molecule has 1 unspecified atom stereocenters. The van der Waals surface area contributed by atoms with Crippen molar-refractivity contribution in [2.24, 2.45) is 5.92 Å². The van der Waals surface area contributed by atoms with E-state index >= 15 is 0 Å². The quantitative estimate of drug-likeness (QED) is 0.750. The highest BCUT2D eigenvalue weighted by Crippen LogP contribution is 2.32. The van der Waals surface area contributed by atoms with Gasteiger partial charge in [-0.1, -0.05) is 18.9 Å². The number of piperazine rings is 1. The van der Waals surface area contributed by atoms with Gasteiger partial charge in [-0.25, -0.2) is 0 Å². The molecular weight excluding hydrogens is 374 g/mol. The molecule has 2 saturated heterocycles. The van der Waals surface area contributed by atoms with Gasteiger partial charge in [0.25, 0.3) is 0 Å². The summed E-state index contributed by atoms with van der Waals surface area (Å²) >= 11 is 1.64. The monoisotopic (exact) mass is 405 g/mol. The number of morpholine rings is 1. The number of ether oxygens (including phenoxy) is 1. The zero-order valence-electron chi connectivity index (χ0n) is 16.6. The molecule has 0 spiro atoms. The minimum atomic E-state index is -0.0184. The Morgan fingerprint density at radius 2 is 1.75 bits per heavy atom. The molecule has 3 fully saturated rings. The van der Waals surface area contributed by atoms with Gasteiger partial charge in [-0.2, -0.15) is 0 Å². The molecule has 2 amide bonds. The maximum Gasteiger partial charge on any atom is 0.240 e. The summed E-state index contributed by atoms with van der Waals surface area (Å²) in [5.74, 6) is 0.955. The van der Waals surface area contributed by atoms with E-state index in [1.165, 1.54) is 12.8 Å². The Hall–Kier alpha value is -1.44. The highest BCUT2D eigenvalue weighted by molar-refractivity contribution is 7.10. The molecule has 1 saturated carbocycles. The molecule has 4 rings (SSSR count). The van der Waals surface area contributed by atoms with Crippen LogP contribution in [0, 0.1) is 5.92 Å². The summed E-state index contributed by atoms with van der Waals surface area (Å²) in [5, 5.41) is 2.02. The molecule has 28 heavy (non-hydrogen) atoms. The molecule has 2 aliphatic heterocycles. The van der Waals surface area contributed by atoms with Crippen molar-refractivity contribution in [1.29, 1.82) is 0 Å². The van der Waals surface area contributed by atoms with Crippen LogP contribution >= 0.6 is 11.3 Å². The van der Waals surface area contributed by atoms with Crippen molar-refractivity contribution in [3.8, 4) is 0 Å². The molecule has 0 bridgehead atoms. The average molecular weight is 406 g/mol. The summed E-state index contributed by atoms with van der Waals surface area (Å²) in [6.45, 7) is 5.76. The van der Waals surface area contributed by atoms with Gasteiger partial charge in [-0.3, -0.25) is 14.5 Å². The molecule has 154 valence electrons. The van der Waals surface area contributed by atoms with E-state index in [9.17, 15) is 9.59 Å². The first-order valence-electron chi connectivity index (χ1n) is 10.6. The van der Waals surface area contributed by atoms with Gasteiger partial charge >= 0.3 is 0 Å². The number of rotatable bonds is 5. The maximum absolute atomic E-state index is 13.4. The Balaban J connectivity index is 1.37. The van der Waals surface area contributed by atoms with Crippen LogP contribution in [-0.4, -0.2) is 85.0 Å². The summed E-state index contributed by atoms with van der Waals surface area (Å²) in [5.41, 5.74) is 0. The van der Waals surface area contributed by atoms with E-state index in [1.54, 1.807) is 11.3 Å². The third-order valence-corrected chi connectivity index (χ3v) is 7.26. The van der Waals surface area contributed by atoms with E-state index in [1.807, 2.05) is 27.3 Å². The number of nitrogens with zero attached hydrogens (tertiary/aromatic N) is 3. The van der Waals surface area contributed by atoms with Gasteiger partial charge in [-0.15, -0.1) is 11.3 Å². The van der Waals surface area contributed by atoms with E-state index < -0.39 is 0 Å². The van der Waals surface area contributed by atoms with Crippen LogP contribution in [0.3, 0.4) is 0 Å². The lowest BCUT2D eigenvalue weighted by Crippen LogP contribution is -2.59. The Morgan fingerprint density at radius 3 is 2.39 bits per heavy atom. The smallest absolute Gasteiger partial charge is 0.240 e. The number of hydrogen-bond acceptors (Lipinski definition) is 5. The maximum atomic E-state index is 13.4. The van der Waals surface area contributed by atoms with E-state index in [-0.39, 0.29) is 17.9 Å². The molecular formula is C21H31N3O3S. The van der Waals surface area contributed by atoms with Gasteiger partial charge in [0.15, 0.2) is 0 Å². The molecule has 0 radical (unpaired) electrons. The number of thiophene rings is 1. The van der Waals surface area contributed by atoms with Crippen molar-refractivity contribution >= 4 is 23.2 Å². The molecule has 1 aromatic rings. The SMILES string of the molecule is O=C(Cc1cccs1)N1CCN(C(C(=O)N2CCOCC2)C2CCCC2)CC1. The van der Waals surface area contributed by atoms with Crippen LogP contribution in [0.1, 0.15) is 30.6 Å². The standard InChI is InChI=1S/C21H31N3O3S/c25-19(16-18-6-3-15-28-18)22-7-9-23(10-8-22)20(17-4-1-2-5-17)21(26)24-11-13-27-14-12-24/h3,6,15,17,20H,1-2,4-5,7-14,16H2. The van der Waals surface area contributed by atoms with Crippen LogP contribution in [0.15, 0.2) is 17.5 Å². The summed E-state index contributed by atoms with van der Waals surface area (Å²) < 4.78 is 5.43. The van der Waals surface area contributed by atoms with Crippen molar-refractivity contribution in [1.82, 2.24) is 14.7 Å². The van der Waals surface area contributed by atoms with Crippen LogP contribution in [0.5, 0.6) is 0 Å². The second-order valence-electron chi connectivity index (χ2n) is 8.10. The van der Waals surface area contributed by atoms with E-state index in [0.29, 0.717) is 38.6 Å².